The largest absolute Gasteiger partial charge is 0.439 e. The van der Waals surface area contributed by atoms with Crippen LogP contribution in [0.2, 0.25) is 5.02 Å². The maximum atomic E-state index is 13.3. The molecule has 0 aliphatic heterocycles. The molecule has 0 radical (unpaired) electrons. The van der Waals surface area contributed by atoms with Gasteiger partial charge in [-0.25, -0.2) is 0 Å². The first kappa shape index (κ1) is 26.6. The number of carbonyl (C=O) groups is 1. The van der Waals surface area contributed by atoms with E-state index in [2.05, 4.69) is 25.8 Å². The lowest BCUT2D eigenvalue weighted by molar-refractivity contribution is 0.0947. The minimum absolute atomic E-state index is 0.0896. The van der Waals surface area contributed by atoms with Gasteiger partial charge >= 0.3 is 0 Å². The van der Waals surface area contributed by atoms with Crippen molar-refractivity contribution >= 4 is 29.1 Å². The number of amides is 1. The van der Waals surface area contributed by atoms with Gasteiger partial charge in [0.1, 0.15) is 22.8 Å². The van der Waals surface area contributed by atoms with E-state index in [1.807, 2.05) is 12.1 Å². The molecule has 3 aromatic heterocycles. The second-order valence-corrected chi connectivity index (χ2v) is 9.14. The summed E-state index contributed by atoms with van der Waals surface area (Å²) >= 11 is 6.03. The van der Waals surface area contributed by atoms with Gasteiger partial charge in [-0.05, 0) is 55.0 Å². The van der Waals surface area contributed by atoms with Crippen molar-refractivity contribution in [2.75, 3.05) is 5.32 Å². The normalized spacial score (nSPS) is 10.8. The van der Waals surface area contributed by atoms with Crippen molar-refractivity contribution in [1.29, 1.82) is 0 Å². The Kier molecular flexibility index (Phi) is 7.83. The van der Waals surface area contributed by atoms with E-state index < -0.39 is 17.4 Å². The van der Waals surface area contributed by atoms with Crippen LogP contribution in [0.5, 0.6) is 11.6 Å². The van der Waals surface area contributed by atoms with Crippen LogP contribution in [0.1, 0.15) is 27.4 Å². The number of hydrogen-bond donors (Lipinski definition) is 2. The smallest absolute Gasteiger partial charge is 0.287 e. The third-order valence-electron chi connectivity index (χ3n) is 5.63. The van der Waals surface area contributed by atoms with Gasteiger partial charge in [0.05, 0.1) is 13.1 Å². The fourth-order valence-electron chi connectivity index (χ4n) is 3.73. The van der Waals surface area contributed by atoms with Gasteiger partial charge < -0.3 is 24.5 Å². The molecule has 2 N–H and O–H groups in total. The summed E-state index contributed by atoms with van der Waals surface area (Å²) < 4.78 is 25.6. The molecule has 12 heteroatoms. The molecule has 0 unspecified atom stereocenters. The second kappa shape index (κ2) is 11.8. The van der Waals surface area contributed by atoms with Gasteiger partial charge in [0.15, 0.2) is 0 Å². The van der Waals surface area contributed by atoms with Crippen molar-refractivity contribution in [3.8, 4) is 11.6 Å². The molecule has 40 heavy (non-hydrogen) atoms. The van der Waals surface area contributed by atoms with Crippen molar-refractivity contribution in [3.63, 3.8) is 0 Å². The number of ether oxygens (including phenoxy) is 1. The first-order chi connectivity index (χ1) is 19.3. The molecular weight excluding hydrogens is 539 g/mol. The number of rotatable bonds is 9. The molecule has 0 spiro atoms. The lowest BCUT2D eigenvalue weighted by atomic mass is 10.2. The summed E-state index contributed by atoms with van der Waals surface area (Å²) in [6.45, 7) is 2.12. The number of anilines is 2. The molecule has 5 aromatic rings. The third-order valence-corrected chi connectivity index (χ3v) is 5.89. The van der Waals surface area contributed by atoms with Gasteiger partial charge in [-0.2, -0.15) is 14.4 Å². The number of nitrogens with zero attached hydrogens (tertiary/aromatic N) is 4. The molecule has 10 nitrogen and oxygen atoms in total. The number of aryl methyl sites for hydroxylation is 1. The van der Waals surface area contributed by atoms with Crippen LogP contribution in [0, 0.1) is 12.9 Å². The number of benzene rings is 2. The van der Waals surface area contributed by atoms with Crippen LogP contribution in [-0.4, -0.2) is 25.6 Å². The molecule has 0 bridgehead atoms. The fourth-order valence-corrected chi connectivity index (χ4v) is 3.85. The number of carbonyl (C=O) groups excluding carboxylic acids is 1. The van der Waals surface area contributed by atoms with Gasteiger partial charge in [0.25, 0.3) is 11.5 Å². The van der Waals surface area contributed by atoms with Gasteiger partial charge in [-0.15, -0.1) is 0 Å². The lowest BCUT2D eigenvalue weighted by Crippen LogP contribution is -2.31. The molecular formula is C28H22ClFN6O4. The van der Waals surface area contributed by atoms with Crippen LogP contribution in [0.3, 0.4) is 0 Å². The van der Waals surface area contributed by atoms with Crippen molar-refractivity contribution in [1.82, 2.24) is 25.0 Å². The molecule has 0 aliphatic rings. The predicted molar refractivity (Wildman–Crippen MR) is 145 cm³/mol. The molecule has 1 amide bonds. The van der Waals surface area contributed by atoms with Crippen molar-refractivity contribution in [3.05, 3.63) is 123 Å². The van der Waals surface area contributed by atoms with Crippen molar-refractivity contribution in [2.24, 2.45) is 0 Å². The minimum atomic E-state index is -0.708. The minimum Gasteiger partial charge on any atom is -0.439 e. The molecule has 202 valence electrons. The molecule has 2 aromatic carbocycles. The summed E-state index contributed by atoms with van der Waals surface area (Å²) in [7, 11) is 0. The summed E-state index contributed by atoms with van der Waals surface area (Å²) in [6.07, 6.45) is 1.45. The molecule has 0 aliphatic carbocycles. The van der Waals surface area contributed by atoms with Crippen LogP contribution < -0.4 is 20.9 Å². The Balaban J connectivity index is 1.38. The Labute approximate surface area is 232 Å². The molecule has 0 saturated heterocycles. The number of nitrogens with one attached hydrogen (secondary N) is 2. The Morgan fingerprint density at radius 2 is 1.85 bits per heavy atom. The highest BCUT2D eigenvalue weighted by atomic mass is 35.5. The number of halogens is 2. The van der Waals surface area contributed by atoms with Crippen molar-refractivity contribution < 1.29 is 18.4 Å². The molecule has 0 saturated carbocycles. The van der Waals surface area contributed by atoms with E-state index >= 15 is 0 Å². The monoisotopic (exact) mass is 560 g/mol. The van der Waals surface area contributed by atoms with Crippen LogP contribution in [0.4, 0.5) is 16.0 Å². The molecule has 0 fully saturated rings. The Bertz CT molecular complexity index is 1700. The van der Waals surface area contributed by atoms with Crippen molar-refractivity contribution in [2.45, 2.75) is 20.0 Å². The maximum absolute atomic E-state index is 13.3. The molecule has 0 atom stereocenters. The van der Waals surface area contributed by atoms with E-state index in [0.717, 1.165) is 5.56 Å². The first-order valence-electron chi connectivity index (χ1n) is 12.1. The Hall–Kier alpha value is -5.03. The average molecular weight is 561 g/mol. The van der Waals surface area contributed by atoms with Crippen LogP contribution in [0.25, 0.3) is 0 Å². The maximum Gasteiger partial charge on any atom is 0.287 e. The summed E-state index contributed by atoms with van der Waals surface area (Å²) in [5, 5.41) is 10.2. The summed E-state index contributed by atoms with van der Waals surface area (Å²) in [5.41, 5.74) is 1.15. The Morgan fingerprint density at radius 1 is 1.07 bits per heavy atom. The third kappa shape index (κ3) is 6.69. The highest BCUT2D eigenvalue weighted by Gasteiger charge is 2.17. The highest BCUT2D eigenvalue weighted by molar-refractivity contribution is 6.30. The first-order valence-corrected chi connectivity index (χ1v) is 12.4. The van der Waals surface area contributed by atoms with E-state index in [1.54, 1.807) is 60.0 Å². The molecule has 3 heterocycles. The highest BCUT2D eigenvalue weighted by Crippen LogP contribution is 2.23. The topological polar surface area (TPSA) is 124 Å². The van der Waals surface area contributed by atoms with Gasteiger partial charge in [0.2, 0.25) is 17.8 Å². The summed E-state index contributed by atoms with van der Waals surface area (Å²) in [6, 6.07) is 19.8. The van der Waals surface area contributed by atoms with E-state index in [1.165, 1.54) is 18.3 Å². The van der Waals surface area contributed by atoms with E-state index in [4.69, 9.17) is 20.9 Å². The standard InChI is InChI=1S/C28H22ClFN6O4/c1-17-13-21(35-40-17)14-31-26(37)23-16-36(15-18-5-7-19(29)8-6-18)28(34-27(23)38)32-20-9-11-22(12-10-20)39-25-4-2-3-24(30)33-25/h2-13,16H,14-15H2,1H3,(H,31,37)(H,32,34,38). The van der Waals surface area contributed by atoms with Crippen LogP contribution in [0.15, 0.2) is 88.3 Å². The van der Waals surface area contributed by atoms with E-state index in [9.17, 15) is 14.0 Å². The predicted octanol–water partition coefficient (Wildman–Crippen LogP) is 5.24. The van der Waals surface area contributed by atoms with Crippen LogP contribution >= 0.6 is 11.6 Å². The lowest BCUT2D eigenvalue weighted by Gasteiger charge is -2.16. The van der Waals surface area contributed by atoms with E-state index in [-0.39, 0.29) is 23.9 Å². The van der Waals surface area contributed by atoms with Gasteiger partial charge in [-0.1, -0.05) is 35.0 Å². The Morgan fingerprint density at radius 3 is 2.55 bits per heavy atom. The summed E-state index contributed by atoms with van der Waals surface area (Å²) in [4.78, 5) is 33.6. The second-order valence-electron chi connectivity index (χ2n) is 8.70. The fraction of sp³-hybridized carbons (Fsp3) is 0.107. The number of pyridine rings is 1. The van der Waals surface area contributed by atoms with E-state index in [0.29, 0.717) is 34.5 Å². The zero-order chi connectivity index (χ0) is 28.1. The number of aromatic nitrogens is 4. The number of hydrogen-bond acceptors (Lipinski definition) is 8. The quantitative estimate of drug-likeness (QED) is 0.234. The van der Waals surface area contributed by atoms with Gasteiger partial charge in [-0.3, -0.25) is 9.59 Å². The SMILES string of the molecule is Cc1cc(CNC(=O)c2cn(Cc3ccc(Cl)cc3)c(Nc3ccc(Oc4cccc(F)n4)cc3)nc2=O)no1. The van der Waals surface area contributed by atoms with Crippen LogP contribution in [-0.2, 0) is 13.1 Å². The zero-order valence-corrected chi connectivity index (χ0v) is 21.9. The average Bonchev–Trinajstić information content (AvgIpc) is 3.36. The summed E-state index contributed by atoms with van der Waals surface area (Å²) in [5.74, 6) is 0.130. The molecule has 5 rings (SSSR count). The van der Waals surface area contributed by atoms with Gasteiger partial charge in [0, 0.05) is 29.0 Å². The zero-order valence-electron chi connectivity index (χ0n) is 21.1.